The van der Waals surface area contributed by atoms with Gasteiger partial charge in [0.1, 0.15) is 0 Å². The van der Waals surface area contributed by atoms with Crippen molar-refractivity contribution in [2.24, 2.45) is 4.99 Å². The van der Waals surface area contributed by atoms with E-state index in [9.17, 15) is 9.59 Å². The first kappa shape index (κ1) is 22.9. The Labute approximate surface area is 165 Å². The first-order valence-corrected chi connectivity index (χ1v) is 7.48. The summed E-state index contributed by atoms with van der Waals surface area (Å²) in [5.41, 5.74) is 1.42. The fourth-order valence-corrected chi connectivity index (χ4v) is 1.70. The Morgan fingerprint density at radius 1 is 1.24 bits per heavy atom. The zero-order valence-electron chi connectivity index (χ0n) is 14.7. The molecular weight excluding hydrogens is 435 g/mol. The van der Waals surface area contributed by atoms with Gasteiger partial charge in [0, 0.05) is 20.6 Å². The van der Waals surface area contributed by atoms with Crippen molar-refractivity contribution in [1.82, 2.24) is 15.5 Å². The topological polar surface area (TPSA) is 83.0 Å². The van der Waals surface area contributed by atoms with Crippen LogP contribution < -0.4 is 10.6 Å². The summed E-state index contributed by atoms with van der Waals surface area (Å²) in [7, 11) is 4.74. The largest absolute Gasteiger partial charge is 0.465 e. The number of esters is 1. The van der Waals surface area contributed by atoms with Gasteiger partial charge in [-0.25, -0.2) is 9.79 Å². The molecule has 138 valence electrons. The lowest BCUT2D eigenvalue weighted by Gasteiger charge is -2.14. The van der Waals surface area contributed by atoms with E-state index in [2.05, 4.69) is 26.9 Å². The third-order valence-corrected chi connectivity index (χ3v) is 3.11. The molecule has 1 rings (SSSR count). The molecule has 0 atom stereocenters. The van der Waals surface area contributed by atoms with Gasteiger partial charge in [-0.05, 0) is 17.7 Å². The van der Waals surface area contributed by atoms with Gasteiger partial charge in [-0.3, -0.25) is 4.79 Å². The maximum absolute atomic E-state index is 11.6. The molecule has 1 aromatic rings. The predicted octanol–water partition coefficient (Wildman–Crippen LogP) is 1.40. The van der Waals surface area contributed by atoms with Crippen LogP contribution in [0.1, 0.15) is 15.9 Å². The standard InChI is InChI=1S/C17H24N4O3.HI/c1-5-10-18-17(20-12-15(22)21(2)3)19-11-13-6-8-14(9-7-13)16(23)24-4;/h5-9H,1,10-12H2,2-4H3,(H2,18,19,20);1H. The molecule has 0 radical (unpaired) electrons. The fourth-order valence-electron chi connectivity index (χ4n) is 1.70. The van der Waals surface area contributed by atoms with E-state index in [-0.39, 0.29) is 42.4 Å². The summed E-state index contributed by atoms with van der Waals surface area (Å²) in [6, 6.07) is 7.00. The number of aliphatic imine (C=N–C) groups is 1. The summed E-state index contributed by atoms with van der Waals surface area (Å²) < 4.78 is 4.66. The molecule has 0 fully saturated rings. The number of halogens is 1. The zero-order valence-corrected chi connectivity index (χ0v) is 17.1. The second-order valence-corrected chi connectivity index (χ2v) is 5.16. The van der Waals surface area contributed by atoms with Crippen molar-refractivity contribution in [3.63, 3.8) is 0 Å². The highest BCUT2D eigenvalue weighted by Gasteiger charge is 2.06. The number of ether oxygens (including phenoxy) is 1. The lowest BCUT2D eigenvalue weighted by molar-refractivity contribution is -0.127. The van der Waals surface area contributed by atoms with E-state index in [0.29, 0.717) is 24.6 Å². The summed E-state index contributed by atoms with van der Waals surface area (Å²) in [4.78, 5) is 29.0. The summed E-state index contributed by atoms with van der Waals surface area (Å²) in [5, 5.41) is 6.02. The van der Waals surface area contributed by atoms with Gasteiger partial charge in [0.2, 0.25) is 5.91 Å². The minimum atomic E-state index is -0.373. The van der Waals surface area contributed by atoms with Crippen LogP contribution in [0.3, 0.4) is 0 Å². The molecule has 0 aliphatic carbocycles. The molecule has 0 aromatic heterocycles. The normalized spacial score (nSPS) is 10.3. The van der Waals surface area contributed by atoms with Gasteiger partial charge in [0.25, 0.3) is 0 Å². The lowest BCUT2D eigenvalue weighted by atomic mass is 10.1. The second-order valence-electron chi connectivity index (χ2n) is 5.16. The van der Waals surface area contributed by atoms with Crippen molar-refractivity contribution in [2.45, 2.75) is 6.54 Å². The van der Waals surface area contributed by atoms with Crippen LogP contribution in [-0.2, 0) is 16.1 Å². The quantitative estimate of drug-likeness (QED) is 0.211. The molecule has 1 aromatic carbocycles. The van der Waals surface area contributed by atoms with Crippen molar-refractivity contribution in [3.8, 4) is 0 Å². The molecule has 8 heteroatoms. The number of amides is 1. The van der Waals surface area contributed by atoms with E-state index in [1.165, 1.54) is 12.0 Å². The molecule has 7 nitrogen and oxygen atoms in total. The van der Waals surface area contributed by atoms with Crippen molar-refractivity contribution >= 4 is 41.8 Å². The molecule has 0 bridgehead atoms. The van der Waals surface area contributed by atoms with E-state index >= 15 is 0 Å². The van der Waals surface area contributed by atoms with E-state index in [4.69, 9.17) is 0 Å². The summed E-state index contributed by atoms with van der Waals surface area (Å²) in [6.07, 6.45) is 1.70. The Hall–Kier alpha value is -2.10. The van der Waals surface area contributed by atoms with Gasteiger partial charge in [0.05, 0.1) is 25.8 Å². The van der Waals surface area contributed by atoms with Gasteiger partial charge < -0.3 is 20.3 Å². The van der Waals surface area contributed by atoms with Gasteiger partial charge >= 0.3 is 5.97 Å². The van der Waals surface area contributed by atoms with Crippen molar-refractivity contribution in [2.75, 3.05) is 34.3 Å². The number of hydrogen-bond acceptors (Lipinski definition) is 4. The van der Waals surface area contributed by atoms with Crippen molar-refractivity contribution in [3.05, 3.63) is 48.0 Å². The average molecular weight is 460 g/mol. The van der Waals surface area contributed by atoms with Crippen LogP contribution in [0.15, 0.2) is 41.9 Å². The van der Waals surface area contributed by atoms with E-state index < -0.39 is 0 Å². The third kappa shape index (κ3) is 8.52. The van der Waals surface area contributed by atoms with Gasteiger partial charge in [-0.2, -0.15) is 0 Å². The van der Waals surface area contributed by atoms with Crippen molar-refractivity contribution < 1.29 is 14.3 Å². The minimum Gasteiger partial charge on any atom is -0.465 e. The molecule has 0 saturated heterocycles. The van der Waals surface area contributed by atoms with Gasteiger partial charge in [-0.15, -0.1) is 30.6 Å². The van der Waals surface area contributed by atoms with Crippen molar-refractivity contribution in [1.29, 1.82) is 0 Å². The Kier molecular flexibility index (Phi) is 11.3. The van der Waals surface area contributed by atoms with Crippen LogP contribution in [0.2, 0.25) is 0 Å². The predicted molar refractivity (Wildman–Crippen MR) is 109 cm³/mol. The Morgan fingerprint density at radius 2 is 1.88 bits per heavy atom. The highest BCUT2D eigenvalue weighted by molar-refractivity contribution is 14.0. The summed E-state index contributed by atoms with van der Waals surface area (Å²) in [5.74, 6) is 0.0925. The van der Waals surface area contributed by atoms with E-state index in [1.807, 2.05) is 12.1 Å². The molecule has 0 saturated carbocycles. The maximum atomic E-state index is 11.6. The van der Waals surface area contributed by atoms with Crippen LogP contribution in [-0.4, -0.2) is 57.0 Å². The van der Waals surface area contributed by atoms with Gasteiger partial charge in [0.15, 0.2) is 5.96 Å². The number of carbonyl (C=O) groups is 2. The average Bonchev–Trinajstić information content (AvgIpc) is 2.60. The molecule has 25 heavy (non-hydrogen) atoms. The maximum Gasteiger partial charge on any atom is 0.337 e. The molecule has 0 unspecified atom stereocenters. The number of hydrogen-bond donors (Lipinski definition) is 2. The number of nitrogens with one attached hydrogen (secondary N) is 2. The van der Waals surface area contributed by atoms with Crippen LogP contribution >= 0.6 is 24.0 Å². The molecule has 1 amide bonds. The number of methoxy groups -OCH3 is 1. The fraction of sp³-hybridized carbons (Fsp3) is 0.353. The molecule has 0 aliphatic heterocycles. The SMILES string of the molecule is C=CCNC(=NCc1ccc(C(=O)OC)cc1)NCC(=O)N(C)C.I. The summed E-state index contributed by atoms with van der Waals surface area (Å²) in [6.45, 7) is 4.73. The molecule has 0 heterocycles. The number of rotatable bonds is 7. The number of likely N-dealkylation sites (N-methyl/N-ethyl adjacent to an activating group) is 1. The number of guanidine groups is 1. The minimum absolute atomic E-state index is 0. The number of benzene rings is 1. The van der Waals surface area contributed by atoms with Gasteiger partial charge in [-0.1, -0.05) is 18.2 Å². The monoisotopic (exact) mass is 460 g/mol. The zero-order chi connectivity index (χ0) is 17.9. The second kappa shape index (κ2) is 12.3. The van der Waals surface area contributed by atoms with E-state index in [0.717, 1.165) is 5.56 Å². The third-order valence-electron chi connectivity index (χ3n) is 3.11. The number of carbonyl (C=O) groups excluding carboxylic acids is 2. The first-order chi connectivity index (χ1) is 11.5. The lowest BCUT2D eigenvalue weighted by Crippen LogP contribution is -2.43. The van der Waals surface area contributed by atoms with E-state index in [1.54, 1.807) is 32.3 Å². The first-order valence-electron chi connectivity index (χ1n) is 7.48. The Morgan fingerprint density at radius 3 is 2.40 bits per heavy atom. The Bertz CT molecular complexity index is 600. The van der Waals surface area contributed by atoms with Crippen LogP contribution in [0.4, 0.5) is 0 Å². The van der Waals surface area contributed by atoms with Crippen LogP contribution in [0.25, 0.3) is 0 Å². The van der Waals surface area contributed by atoms with Crippen LogP contribution in [0, 0.1) is 0 Å². The molecule has 0 aliphatic rings. The highest BCUT2D eigenvalue weighted by atomic mass is 127. The highest BCUT2D eigenvalue weighted by Crippen LogP contribution is 2.06. The smallest absolute Gasteiger partial charge is 0.337 e. The molecule has 0 spiro atoms. The summed E-state index contributed by atoms with van der Waals surface area (Å²) >= 11 is 0. The Balaban J connectivity index is 0.00000576. The number of nitrogens with zero attached hydrogens (tertiary/aromatic N) is 2. The molecular formula is C17H25IN4O3. The molecule has 2 N–H and O–H groups in total. The van der Waals surface area contributed by atoms with Crippen LogP contribution in [0.5, 0.6) is 0 Å².